The van der Waals surface area contributed by atoms with Gasteiger partial charge in [-0.1, -0.05) is 13.8 Å². The predicted octanol–water partition coefficient (Wildman–Crippen LogP) is 2.16. The van der Waals surface area contributed by atoms with Gasteiger partial charge in [-0.3, -0.25) is 0 Å². The summed E-state index contributed by atoms with van der Waals surface area (Å²) in [6.45, 7) is 11.2. The molecule has 0 aromatic heterocycles. The van der Waals surface area contributed by atoms with Crippen LogP contribution in [0.15, 0.2) is 0 Å². The Bertz CT molecular complexity index is 176. The molecule has 3 nitrogen and oxygen atoms in total. The molecule has 15 heavy (non-hydrogen) atoms. The summed E-state index contributed by atoms with van der Waals surface area (Å²) < 4.78 is 11.1. The first-order valence-electron chi connectivity index (χ1n) is 6.03. The molecule has 1 fully saturated rings. The first-order chi connectivity index (χ1) is 7.02. The van der Waals surface area contributed by atoms with Crippen molar-refractivity contribution in [1.29, 1.82) is 0 Å². The Hall–Kier alpha value is -0.120. The van der Waals surface area contributed by atoms with Crippen molar-refractivity contribution in [2.24, 2.45) is 5.92 Å². The molecule has 1 aliphatic heterocycles. The summed E-state index contributed by atoms with van der Waals surface area (Å²) in [6.07, 6.45) is 2.15. The Balaban J connectivity index is 2.10. The van der Waals surface area contributed by atoms with E-state index in [2.05, 4.69) is 26.1 Å². The molecular formula is C12H25NO2. The van der Waals surface area contributed by atoms with E-state index >= 15 is 0 Å². The van der Waals surface area contributed by atoms with Crippen molar-refractivity contribution in [2.45, 2.75) is 52.4 Å². The first-order valence-corrected chi connectivity index (χ1v) is 6.03. The van der Waals surface area contributed by atoms with Crippen molar-refractivity contribution < 1.29 is 9.47 Å². The van der Waals surface area contributed by atoms with E-state index in [9.17, 15) is 0 Å². The topological polar surface area (TPSA) is 30.5 Å². The maximum atomic E-state index is 5.54. The molecule has 1 rings (SSSR count). The smallest absolute Gasteiger partial charge is 0.166 e. The van der Waals surface area contributed by atoms with Crippen LogP contribution in [0.1, 0.15) is 40.5 Å². The van der Waals surface area contributed by atoms with Gasteiger partial charge < -0.3 is 14.8 Å². The van der Waals surface area contributed by atoms with E-state index in [1.807, 2.05) is 6.92 Å². The fourth-order valence-corrected chi connectivity index (χ4v) is 2.04. The summed E-state index contributed by atoms with van der Waals surface area (Å²) in [7, 11) is 0. The second-order valence-corrected chi connectivity index (χ2v) is 5.07. The number of nitrogens with one attached hydrogen (secondary N) is 1. The van der Waals surface area contributed by atoms with Crippen LogP contribution < -0.4 is 5.32 Å². The minimum atomic E-state index is -0.343. The molecule has 3 heteroatoms. The normalized spacial score (nSPS) is 22.2. The largest absolute Gasteiger partial charge is 0.348 e. The molecule has 90 valence electrons. The van der Waals surface area contributed by atoms with Gasteiger partial charge in [-0.15, -0.1) is 0 Å². The lowest BCUT2D eigenvalue weighted by Crippen LogP contribution is -2.35. The zero-order valence-corrected chi connectivity index (χ0v) is 10.5. The molecular weight excluding hydrogens is 190 g/mol. The van der Waals surface area contributed by atoms with Gasteiger partial charge in [0.25, 0.3) is 0 Å². The molecule has 0 aromatic carbocycles. The maximum Gasteiger partial charge on any atom is 0.166 e. The highest BCUT2D eigenvalue weighted by molar-refractivity contribution is 4.71. The van der Waals surface area contributed by atoms with E-state index in [1.54, 1.807) is 0 Å². The maximum absolute atomic E-state index is 5.54. The molecule has 1 aliphatic rings. The zero-order valence-electron chi connectivity index (χ0n) is 10.5. The lowest BCUT2D eigenvalue weighted by Gasteiger charge is -2.24. The van der Waals surface area contributed by atoms with Crippen LogP contribution in [0.4, 0.5) is 0 Å². The van der Waals surface area contributed by atoms with Crippen molar-refractivity contribution >= 4 is 0 Å². The van der Waals surface area contributed by atoms with Crippen LogP contribution in [0.3, 0.4) is 0 Å². The molecule has 0 aromatic rings. The van der Waals surface area contributed by atoms with Crippen molar-refractivity contribution in [3.05, 3.63) is 0 Å². The van der Waals surface area contributed by atoms with E-state index in [0.717, 1.165) is 32.1 Å². The van der Waals surface area contributed by atoms with Gasteiger partial charge >= 0.3 is 0 Å². The highest BCUT2D eigenvalue weighted by atomic mass is 16.7. The lowest BCUT2D eigenvalue weighted by atomic mass is 10.1. The lowest BCUT2D eigenvalue weighted by molar-refractivity contribution is -0.145. The van der Waals surface area contributed by atoms with Crippen LogP contribution in [0, 0.1) is 5.92 Å². The highest BCUT2D eigenvalue weighted by Crippen LogP contribution is 2.21. The van der Waals surface area contributed by atoms with E-state index in [4.69, 9.17) is 9.47 Å². The second kappa shape index (κ2) is 5.83. The molecule has 1 unspecified atom stereocenters. The Kier molecular flexibility index (Phi) is 5.03. The second-order valence-electron chi connectivity index (χ2n) is 5.07. The van der Waals surface area contributed by atoms with Gasteiger partial charge in [0.15, 0.2) is 5.79 Å². The van der Waals surface area contributed by atoms with Crippen molar-refractivity contribution in [1.82, 2.24) is 5.32 Å². The summed E-state index contributed by atoms with van der Waals surface area (Å²) >= 11 is 0. The van der Waals surface area contributed by atoms with Crippen LogP contribution >= 0.6 is 0 Å². The van der Waals surface area contributed by atoms with Gasteiger partial charge in [0.1, 0.15) is 0 Å². The van der Waals surface area contributed by atoms with Crippen LogP contribution in [-0.2, 0) is 9.47 Å². The van der Waals surface area contributed by atoms with Crippen LogP contribution in [0.25, 0.3) is 0 Å². The third-order valence-electron chi connectivity index (χ3n) is 2.79. The standard InChI is InChI=1S/C12H25NO2/c1-10(2)9-11(3)13-6-5-12(4)14-7-8-15-12/h10-11,13H,5-9H2,1-4H3. The minimum Gasteiger partial charge on any atom is -0.348 e. The average molecular weight is 215 g/mol. The van der Waals surface area contributed by atoms with Gasteiger partial charge in [-0.25, -0.2) is 0 Å². The number of hydrogen-bond donors (Lipinski definition) is 1. The summed E-state index contributed by atoms with van der Waals surface area (Å²) in [5.41, 5.74) is 0. The van der Waals surface area contributed by atoms with Gasteiger partial charge in [0, 0.05) is 19.0 Å². The van der Waals surface area contributed by atoms with E-state index < -0.39 is 0 Å². The fourth-order valence-electron chi connectivity index (χ4n) is 2.04. The van der Waals surface area contributed by atoms with Gasteiger partial charge in [-0.2, -0.15) is 0 Å². The predicted molar refractivity (Wildman–Crippen MR) is 61.8 cm³/mol. The van der Waals surface area contributed by atoms with Gasteiger partial charge in [-0.05, 0) is 26.2 Å². The summed E-state index contributed by atoms with van der Waals surface area (Å²) in [5, 5.41) is 3.51. The molecule has 1 atom stereocenters. The number of hydrogen-bond acceptors (Lipinski definition) is 3. The van der Waals surface area contributed by atoms with Crippen molar-refractivity contribution in [3.8, 4) is 0 Å². The first kappa shape index (κ1) is 12.9. The van der Waals surface area contributed by atoms with Crippen molar-refractivity contribution in [3.63, 3.8) is 0 Å². The molecule has 0 saturated carbocycles. The zero-order chi connectivity index (χ0) is 11.3. The minimum absolute atomic E-state index is 0.343. The summed E-state index contributed by atoms with van der Waals surface area (Å²) in [5.74, 6) is 0.409. The quantitative estimate of drug-likeness (QED) is 0.736. The third kappa shape index (κ3) is 4.96. The summed E-state index contributed by atoms with van der Waals surface area (Å²) in [6, 6.07) is 0.579. The molecule has 0 radical (unpaired) electrons. The molecule has 0 aliphatic carbocycles. The Labute approximate surface area is 93.5 Å². The van der Waals surface area contributed by atoms with Crippen LogP contribution in [0.5, 0.6) is 0 Å². The molecule has 1 saturated heterocycles. The van der Waals surface area contributed by atoms with Crippen LogP contribution in [-0.4, -0.2) is 31.6 Å². The number of ether oxygens (including phenoxy) is 2. The van der Waals surface area contributed by atoms with Crippen LogP contribution in [0.2, 0.25) is 0 Å². The molecule has 0 amide bonds. The van der Waals surface area contributed by atoms with Gasteiger partial charge in [0.05, 0.1) is 13.2 Å². The molecule has 0 spiro atoms. The SMILES string of the molecule is CC(C)CC(C)NCCC1(C)OCCO1. The van der Waals surface area contributed by atoms with Gasteiger partial charge in [0.2, 0.25) is 0 Å². The molecule has 1 N–H and O–H groups in total. The van der Waals surface area contributed by atoms with E-state index in [1.165, 1.54) is 6.42 Å². The Morgan fingerprint density at radius 2 is 1.80 bits per heavy atom. The van der Waals surface area contributed by atoms with Crippen molar-refractivity contribution in [2.75, 3.05) is 19.8 Å². The van der Waals surface area contributed by atoms with E-state index in [-0.39, 0.29) is 5.79 Å². The Morgan fingerprint density at radius 1 is 1.20 bits per heavy atom. The fraction of sp³-hybridized carbons (Fsp3) is 1.00. The third-order valence-corrected chi connectivity index (χ3v) is 2.79. The highest BCUT2D eigenvalue weighted by Gasteiger charge is 2.30. The Morgan fingerprint density at radius 3 is 2.33 bits per heavy atom. The molecule has 0 bridgehead atoms. The average Bonchev–Trinajstić information content (AvgIpc) is 2.51. The number of rotatable bonds is 6. The molecule has 1 heterocycles. The summed E-state index contributed by atoms with van der Waals surface area (Å²) in [4.78, 5) is 0. The monoisotopic (exact) mass is 215 g/mol. The van der Waals surface area contributed by atoms with E-state index in [0.29, 0.717) is 6.04 Å².